The number of non-ortho nitro benzene ring substituents is 1. The van der Waals surface area contributed by atoms with Crippen molar-refractivity contribution in [3.05, 3.63) is 54.2 Å². The SMILES string of the molecule is CCc1[nH]c(=S)[nH]c(=O)c1Cc1cc([N+](=O)[O-])cc(OC)c1O. The number of rotatable bonds is 5. The second-order valence-corrected chi connectivity index (χ2v) is 5.22. The van der Waals surface area contributed by atoms with Gasteiger partial charge in [0.05, 0.1) is 18.1 Å². The smallest absolute Gasteiger partial charge is 0.273 e. The molecule has 2 aromatic rings. The molecule has 1 heterocycles. The molecule has 0 fully saturated rings. The monoisotopic (exact) mass is 337 g/mol. The van der Waals surface area contributed by atoms with Crippen molar-refractivity contribution in [3.8, 4) is 11.5 Å². The lowest BCUT2D eigenvalue weighted by Crippen LogP contribution is -2.18. The van der Waals surface area contributed by atoms with Gasteiger partial charge in [-0.25, -0.2) is 0 Å². The molecule has 0 amide bonds. The highest BCUT2D eigenvalue weighted by atomic mass is 32.1. The molecule has 0 bridgehead atoms. The molecule has 3 N–H and O–H groups in total. The lowest BCUT2D eigenvalue weighted by atomic mass is 10.0. The normalized spacial score (nSPS) is 10.5. The number of hydrogen-bond donors (Lipinski definition) is 3. The molecule has 0 atom stereocenters. The third-order valence-electron chi connectivity index (χ3n) is 3.42. The van der Waals surface area contributed by atoms with Crippen molar-refractivity contribution in [2.75, 3.05) is 7.11 Å². The predicted molar refractivity (Wildman–Crippen MR) is 85.7 cm³/mol. The van der Waals surface area contributed by atoms with Gasteiger partial charge in [0.25, 0.3) is 11.2 Å². The number of methoxy groups -OCH3 is 1. The van der Waals surface area contributed by atoms with Gasteiger partial charge in [0.1, 0.15) is 0 Å². The van der Waals surface area contributed by atoms with E-state index in [0.717, 1.165) is 6.07 Å². The Morgan fingerprint density at radius 3 is 2.65 bits per heavy atom. The van der Waals surface area contributed by atoms with Crippen LogP contribution >= 0.6 is 12.2 Å². The number of nitro benzene ring substituents is 1. The number of aromatic nitrogens is 2. The second kappa shape index (κ2) is 6.61. The Bertz CT molecular complexity index is 872. The number of phenolic OH excluding ortho intramolecular Hbond substituents is 1. The van der Waals surface area contributed by atoms with Crippen molar-refractivity contribution < 1.29 is 14.8 Å². The Hall–Kier alpha value is -2.68. The first-order valence-corrected chi connectivity index (χ1v) is 7.16. The van der Waals surface area contributed by atoms with E-state index in [1.54, 1.807) is 0 Å². The molecular weight excluding hydrogens is 322 g/mol. The fraction of sp³-hybridized carbons (Fsp3) is 0.286. The zero-order valence-electron chi connectivity index (χ0n) is 12.5. The Morgan fingerprint density at radius 1 is 1.39 bits per heavy atom. The average molecular weight is 337 g/mol. The number of aromatic amines is 2. The lowest BCUT2D eigenvalue weighted by Gasteiger charge is -2.11. The Kier molecular flexibility index (Phi) is 4.80. The molecule has 2 rings (SSSR count). The molecule has 8 nitrogen and oxygen atoms in total. The number of aryl methyl sites for hydroxylation is 1. The molecule has 0 aliphatic carbocycles. The summed E-state index contributed by atoms with van der Waals surface area (Å²) in [5.74, 6) is -0.255. The van der Waals surface area contributed by atoms with Crippen molar-refractivity contribution in [3.63, 3.8) is 0 Å². The Labute approximate surface area is 135 Å². The summed E-state index contributed by atoms with van der Waals surface area (Å²) < 4.78 is 5.16. The van der Waals surface area contributed by atoms with Gasteiger partial charge in [-0.1, -0.05) is 6.92 Å². The van der Waals surface area contributed by atoms with E-state index in [1.165, 1.54) is 13.2 Å². The Morgan fingerprint density at radius 2 is 2.09 bits per heavy atom. The molecule has 1 aromatic heterocycles. The summed E-state index contributed by atoms with van der Waals surface area (Å²) in [6.07, 6.45) is 0.532. The van der Waals surface area contributed by atoms with Gasteiger partial charge in [0, 0.05) is 29.3 Å². The van der Waals surface area contributed by atoms with E-state index in [2.05, 4.69) is 9.97 Å². The van der Waals surface area contributed by atoms with Gasteiger partial charge in [-0.2, -0.15) is 0 Å². The quantitative estimate of drug-likeness (QED) is 0.437. The number of hydrogen-bond acceptors (Lipinski definition) is 6. The number of H-pyrrole nitrogens is 2. The predicted octanol–water partition coefficient (Wildman–Crippen LogP) is 2.21. The van der Waals surface area contributed by atoms with Crippen LogP contribution in [0.3, 0.4) is 0 Å². The largest absolute Gasteiger partial charge is 0.504 e. The second-order valence-electron chi connectivity index (χ2n) is 4.81. The summed E-state index contributed by atoms with van der Waals surface area (Å²) >= 11 is 4.93. The number of nitrogens with zero attached hydrogens (tertiary/aromatic N) is 1. The summed E-state index contributed by atoms with van der Waals surface area (Å²) in [5, 5.41) is 21.2. The molecule has 0 unspecified atom stereocenters. The van der Waals surface area contributed by atoms with Crippen molar-refractivity contribution in [1.29, 1.82) is 0 Å². The number of nitrogens with one attached hydrogen (secondary N) is 2. The zero-order valence-corrected chi connectivity index (χ0v) is 13.3. The molecule has 0 saturated heterocycles. The highest BCUT2D eigenvalue weighted by Crippen LogP contribution is 2.35. The molecule has 122 valence electrons. The molecule has 0 aliphatic rings. The van der Waals surface area contributed by atoms with E-state index in [1.807, 2.05) is 6.92 Å². The van der Waals surface area contributed by atoms with E-state index >= 15 is 0 Å². The van der Waals surface area contributed by atoms with Gasteiger partial charge in [0.2, 0.25) is 0 Å². The summed E-state index contributed by atoms with van der Waals surface area (Å²) in [7, 11) is 1.30. The summed E-state index contributed by atoms with van der Waals surface area (Å²) in [5.41, 5.74) is 0.577. The van der Waals surface area contributed by atoms with Crippen LogP contribution in [-0.2, 0) is 12.8 Å². The van der Waals surface area contributed by atoms with Gasteiger partial charge >= 0.3 is 0 Å². The molecule has 0 aliphatic heterocycles. The van der Waals surface area contributed by atoms with E-state index in [4.69, 9.17) is 17.0 Å². The third kappa shape index (κ3) is 3.39. The van der Waals surface area contributed by atoms with Gasteiger partial charge in [0.15, 0.2) is 16.3 Å². The lowest BCUT2D eigenvalue weighted by molar-refractivity contribution is -0.385. The van der Waals surface area contributed by atoms with Crippen LogP contribution < -0.4 is 10.3 Å². The van der Waals surface area contributed by atoms with E-state index in [0.29, 0.717) is 17.7 Å². The first-order valence-electron chi connectivity index (χ1n) is 6.76. The molecule has 0 radical (unpaired) electrons. The van der Waals surface area contributed by atoms with Crippen molar-refractivity contribution in [1.82, 2.24) is 9.97 Å². The first-order chi connectivity index (χ1) is 10.9. The van der Waals surface area contributed by atoms with Gasteiger partial charge < -0.3 is 14.8 Å². The van der Waals surface area contributed by atoms with Gasteiger partial charge in [-0.3, -0.25) is 19.9 Å². The fourth-order valence-electron chi connectivity index (χ4n) is 2.28. The number of aromatic hydroxyl groups is 1. The summed E-state index contributed by atoms with van der Waals surface area (Å²) in [4.78, 5) is 27.9. The molecule has 0 saturated carbocycles. The maximum atomic E-state index is 12.1. The van der Waals surface area contributed by atoms with E-state index in [-0.39, 0.29) is 33.9 Å². The van der Waals surface area contributed by atoms with Crippen molar-refractivity contribution >= 4 is 17.9 Å². The minimum Gasteiger partial charge on any atom is -0.504 e. The number of phenols is 1. The van der Waals surface area contributed by atoms with Crippen LogP contribution in [0.15, 0.2) is 16.9 Å². The van der Waals surface area contributed by atoms with Crippen LogP contribution in [0.5, 0.6) is 11.5 Å². The fourth-order valence-corrected chi connectivity index (χ4v) is 2.50. The molecule has 9 heteroatoms. The van der Waals surface area contributed by atoms with Crippen LogP contribution in [0.4, 0.5) is 5.69 Å². The molecule has 0 spiro atoms. The first kappa shape index (κ1) is 16.7. The number of benzene rings is 1. The van der Waals surface area contributed by atoms with Crippen LogP contribution in [0.2, 0.25) is 0 Å². The van der Waals surface area contributed by atoms with E-state index in [9.17, 15) is 20.0 Å². The van der Waals surface area contributed by atoms with Crippen LogP contribution in [0.25, 0.3) is 0 Å². The van der Waals surface area contributed by atoms with Gasteiger partial charge in [-0.15, -0.1) is 0 Å². The highest BCUT2D eigenvalue weighted by Gasteiger charge is 2.19. The molecule has 1 aromatic carbocycles. The van der Waals surface area contributed by atoms with Gasteiger partial charge in [-0.05, 0) is 18.6 Å². The average Bonchev–Trinajstić information content (AvgIpc) is 2.50. The standard InChI is InChI=1S/C14H15N3O5S/c1-3-10-9(13(19)16-14(23)15-10)5-7-4-8(17(20)21)6-11(22-2)12(7)18/h4,6,18H,3,5H2,1-2H3,(H2,15,16,19,23). The molecule has 23 heavy (non-hydrogen) atoms. The number of ether oxygens (including phenoxy) is 1. The van der Waals surface area contributed by atoms with E-state index < -0.39 is 10.5 Å². The third-order valence-corrected chi connectivity index (χ3v) is 3.62. The van der Waals surface area contributed by atoms with Crippen LogP contribution in [-0.4, -0.2) is 27.1 Å². The molecular formula is C14H15N3O5S. The minimum atomic E-state index is -0.588. The van der Waals surface area contributed by atoms with Crippen LogP contribution in [0, 0.1) is 14.9 Å². The topological polar surface area (TPSA) is 121 Å². The Balaban J connectivity index is 2.61. The highest BCUT2D eigenvalue weighted by molar-refractivity contribution is 7.71. The van der Waals surface area contributed by atoms with Crippen molar-refractivity contribution in [2.45, 2.75) is 19.8 Å². The van der Waals surface area contributed by atoms with Crippen LogP contribution in [0.1, 0.15) is 23.7 Å². The van der Waals surface area contributed by atoms with Crippen molar-refractivity contribution in [2.24, 2.45) is 0 Å². The summed E-state index contributed by atoms with van der Waals surface area (Å²) in [6.45, 7) is 1.84. The maximum Gasteiger partial charge on any atom is 0.273 e. The maximum absolute atomic E-state index is 12.1. The number of nitro groups is 1. The zero-order chi connectivity index (χ0) is 17.1. The summed E-state index contributed by atoms with van der Waals surface area (Å²) in [6, 6.07) is 2.35. The minimum absolute atomic E-state index is 0.00843.